The molecule has 1 radical (unpaired) electrons. The fraction of sp³-hybridized carbons (Fsp3) is 1.00. The second kappa shape index (κ2) is 1.80. The maximum atomic E-state index is 10.5. The monoisotopic (exact) mass is 131 g/mol. The molecule has 0 bridgehead atoms. The predicted octanol–water partition coefficient (Wildman–Crippen LogP) is 2.20. The van der Waals surface area contributed by atoms with E-state index in [2.05, 4.69) is 13.8 Å². The minimum Gasteiger partial charge on any atom is -0.290 e. The second-order valence-electron chi connectivity index (χ2n) is 2.96. The van der Waals surface area contributed by atoms with E-state index < -0.39 is 0 Å². The van der Waals surface area contributed by atoms with E-state index in [0.29, 0.717) is 5.92 Å². The van der Waals surface area contributed by atoms with Crippen LogP contribution < -0.4 is 0 Å². The number of rotatable bonds is 1. The summed E-state index contributed by atoms with van der Waals surface area (Å²) in [6.07, 6.45) is 2.43. The third-order valence-electron chi connectivity index (χ3n) is 2.42. The van der Waals surface area contributed by atoms with E-state index in [9.17, 15) is 4.57 Å². The van der Waals surface area contributed by atoms with E-state index in [-0.39, 0.29) is 13.6 Å². The van der Waals surface area contributed by atoms with Gasteiger partial charge in [-0.1, -0.05) is 6.92 Å². The Balaban J connectivity index is 2.54. The van der Waals surface area contributed by atoms with Gasteiger partial charge in [-0.3, -0.25) is 4.57 Å². The summed E-state index contributed by atoms with van der Waals surface area (Å²) in [6, 6.07) is 0. The van der Waals surface area contributed by atoms with Crippen LogP contribution >= 0.6 is 8.46 Å². The van der Waals surface area contributed by atoms with Gasteiger partial charge in [-0.2, -0.15) is 0 Å². The van der Waals surface area contributed by atoms with Crippen LogP contribution in [0.15, 0.2) is 0 Å². The lowest BCUT2D eigenvalue weighted by molar-refractivity contribution is 0.250. The van der Waals surface area contributed by atoms with Crippen molar-refractivity contribution in [2.24, 2.45) is 5.92 Å². The van der Waals surface area contributed by atoms with E-state index >= 15 is 0 Å². The van der Waals surface area contributed by atoms with Crippen LogP contribution in [0.5, 0.6) is 0 Å². The van der Waals surface area contributed by atoms with Gasteiger partial charge in [0, 0.05) is 5.16 Å². The van der Waals surface area contributed by atoms with Crippen LogP contribution in [0.3, 0.4) is 0 Å². The molecule has 0 N–H and O–H groups in total. The van der Waals surface area contributed by atoms with E-state index in [1.165, 1.54) is 6.42 Å². The Morgan fingerprint density at radius 2 is 2.38 bits per heavy atom. The van der Waals surface area contributed by atoms with Gasteiger partial charge in [-0.25, -0.2) is 0 Å². The molecule has 0 saturated heterocycles. The van der Waals surface area contributed by atoms with Gasteiger partial charge < -0.3 is 0 Å². The van der Waals surface area contributed by atoms with Crippen LogP contribution in [0.25, 0.3) is 0 Å². The number of hydrogen-bond donors (Lipinski definition) is 0. The summed E-state index contributed by atoms with van der Waals surface area (Å²) in [6.45, 7) is 4.28. The van der Waals surface area contributed by atoms with Gasteiger partial charge in [0.1, 0.15) is 0 Å². The summed E-state index contributed by atoms with van der Waals surface area (Å²) in [4.78, 5) is 0. The van der Waals surface area contributed by atoms with Crippen LogP contribution in [0, 0.1) is 5.92 Å². The summed E-state index contributed by atoms with van der Waals surface area (Å²) >= 11 is 0. The highest BCUT2D eigenvalue weighted by atomic mass is 31.1. The lowest BCUT2D eigenvalue weighted by atomic mass is 9.75. The quantitative estimate of drug-likeness (QED) is 0.498. The Hall–Kier alpha value is 0.100. The smallest absolute Gasteiger partial charge is 0.0644 e. The van der Waals surface area contributed by atoms with Gasteiger partial charge >= 0.3 is 0 Å². The van der Waals surface area contributed by atoms with Crippen LogP contribution in [0.4, 0.5) is 0 Å². The first kappa shape index (κ1) is 6.22. The molecule has 0 amide bonds. The molecule has 1 nitrogen and oxygen atoms in total. The highest BCUT2D eigenvalue weighted by Crippen LogP contribution is 2.47. The molecule has 1 aliphatic rings. The fourth-order valence-electron chi connectivity index (χ4n) is 1.02. The summed E-state index contributed by atoms with van der Waals surface area (Å²) in [5.41, 5.74) is 0. The largest absolute Gasteiger partial charge is 0.290 e. The highest BCUT2D eigenvalue weighted by Gasteiger charge is 2.38. The Bertz CT molecular complexity index is 113. The van der Waals surface area contributed by atoms with E-state index in [4.69, 9.17) is 0 Å². The molecule has 0 aromatic heterocycles. The van der Waals surface area contributed by atoms with Crippen molar-refractivity contribution in [3.63, 3.8) is 0 Å². The molecule has 2 heteroatoms. The summed E-state index contributed by atoms with van der Waals surface area (Å²) in [7, 11) is -0.0984. The molecular weight excluding hydrogens is 119 g/mol. The Morgan fingerprint density at radius 3 is 2.38 bits per heavy atom. The Morgan fingerprint density at radius 1 is 1.75 bits per heavy atom. The summed E-state index contributed by atoms with van der Waals surface area (Å²) < 4.78 is 10.5. The van der Waals surface area contributed by atoms with Crippen molar-refractivity contribution in [2.75, 3.05) is 0 Å². The molecule has 0 spiro atoms. The molecule has 1 saturated carbocycles. The first-order valence-electron chi connectivity index (χ1n) is 3.08. The van der Waals surface area contributed by atoms with Crippen molar-refractivity contribution in [1.29, 1.82) is 0 Å². The molecular formula is C6H12OP. The minimum absolute atomic E-state index is 0.0984. The van der Waals surface area contributed by atoms with Crippen LogP contribution in [-0.4, -0.2) is 5.16 Å². The molecule has 1 aliphatic carbocycles. The maximum Gasteiger partial charge on any atom is 0.0644 e. The van der Waals surface area contributed by atoms with Gasteiger partial charge in [0.25, 0.3) is 0 Å². The summed E-state index contributed by atoms with van der Waals surface area (Å²) in [5.74, 6) is 0.693. The molecule has 3 atom stereocenters. The molecule has 47 valence electrons. The third kappa shape index (κ3) is 0.696. The predicted molar refractivity (Wildman–Crippen MR) is 35.8 cm³/mol. The van der Waals surface area contributed by atoms with Gasteiger partial charge in [-0.05, 0) is 25.7 Å². The first-order chi connectivity index (χ1) is 3.69. The minimum atomic E-state index is -0.0984. The van der Waals surface area contributed by atoms with Gasteiger partial charge in [0.2, 0.25) is 0 Å². The van der Waals surface area contributed by atoms with Crippen molar-refractivity contribution < 1.29 is 4.57 Å². The standard InChI is InChI=1S/C6H12OP/c1-5-3-4-6(5,2)8-7/h5,8H,3-4H2,1-2H3. The molecule has 3 unspecified atom stereocenters. The van der Waals surface area contributed by atoms with Crippen molar-refractivity contribution >= 4 is 8.46 Å². The van der Waals surface area contributed by atoms with Gasteiger partial charge in [0.05, 0.1) is 8.46 Å². The Labute approximate surface area is 51.7 Å². The van der Waals surface area contributed by atoms with Crippen molar-refractivity contribution in [2.45, 2.75) is 31.8 Å². The van der Waals surface area contributed by atoms with E-state index in [1.807, 2.05) is 0 Å². The topological polar surface area (TPSA) is 17.1 Å². The molecule has 8 heavy (non-hydrogen) atoms. The van der Waals surface area contributed by atoms with E-state index in [1.54, 1.807) is 0 Å². The SMILES string of the molecule is CC1CCC1(C)[PH]=O. The average Bonchev–Trinajstić information content (AvgIpc) is 1.83. The second-order valence-corrected chi connectivity index (χ2v) is 4.31. The molecule has 0 aromatic carbocycles. The summed E-state index contributed by atoms with van der Waals surface area (Å²) in [5, 5.41) is 0.194. The molecule has 1 fully saturated rings. The normalized spacial score (nSPS) is 46.5. The lowest BCUT2D eigenvalue weighted by Gasteiger charge is -2.40. The number of hydrogen-bond acceptors (Lipinski definition) is 1. The fourth-order valence-corrected chi connectivity index (χ4v) is 1.61. The first-order valence-corrected chi connectivity index (χ1v) is 3.99. The van der Waals surface area contributed by atoms with E-state index in [0.717, 1.165) is 6.42 Å². The average molecular weight is 131 g/mol. The lowest BCUT2D eigenvalue weighted by Crippen LogP contribution is -2.36. The zero-order valence-corrected chi connectivity index (χ0v) is 6.40. The molecule has 0 heterocycles. The Kier molecular flexibility index (Phi) is 1.40. The molecule has 0 aliphatic heterocycles. The van der Waals surface area contributed by atoms with Crippen molar-refractivity contribution in [1.82, 2.24) is 0 Å². The molecule has 0 aromatic rings. The zero-order chi connectivity index (χ0) is 6.20. The van der Waals surface area contributed by atoms with Crippen LogP contribution in [0.2, 0.25) is 0 Å². The van der Waals surface area contributed by atoms with Crippen LogP contribution in [-0.2, 0) is 4.57 Å². The van der Waals surface area contributed by atoms with Crippen molar-refractivity contribution in [3.05, 3.63) is 0 Å². The maximum absolute atomic E-state index is 10.5. The highest BCUT2D eigenvalue weighted by molar-refractivity contribution is 7.26. The molecule has 1 rings (SSSR count). The third-order valence-corrected chi connectivity index (χ3v) is 3.63. The van der Waals surface area contributed by atoms with Gasteiger partial charge in [0.15, 0.2) is 0 Å². The van der Waals surface area contributed by atoms with Crippen LogP contribution in [0.1, 0.15) is 26.7 Å². The van der Waals surface area contributed by atoms with Gasteiger partial charge in [-0.15, -0.1) is 0 Å². The zero-order valence-electron chi connectivity index (χ0n) is 5.40. The van der Waals surface area contributed by atoms with Crippen molar-refractivity contribution in [3.8, 4) is 0 Å².